The second-order valence-corrected chi connectivity index (χ2v) is 17.1. The molecule has 0 radical (unpaired) electrons. The van der Waals surface area contributed by atoms with Gasteiger partial charge in [-0.25, -0.2) is 9.97 Å². The minimum Gasteiger partial charge on any atom is -0.495 e. The third-order valence-corrected chi connectivity index (χ3v) is 12.6. The lowest BCUT2D eigenvalue weighted by Crippen LogP contribution is -2.77. The average Bonchev–Trinajstić information content (AvgIpc) is 3.22. The highest BCUT2D eigenvalue weighted by Crippen LogP contribution is 2.59. The summed E-state index contributed by atoms with van der Waals surface area (Å²) in [6.45, 7) is 14.6. The number of piperidine rings is 2. The van der Waals surface area contributed by atoms with Crippen molar-refractivity contribution in [2.45, 2.75) is 71.6 Å². The molecule has 3 aliphatic heterocycles. The number of nitriles is 1. The minimum absolute atomic E-state index is 0.0248. The Labute approximate surface area is 339 Å². The smallest absolute Gasteiger partial charge is 0.286 e. The Balaban J connectivity index is 0.991. The van der Waals surface area contributed by atoms with Crippen LogP contribution in [-0.2, 0) is 9.59 Å². The fraction of sp³-hybridized carbons (Fsp3) is 0.512. The number of hydrogen-bond donors (Lipinski definition) is 2. The molecule has 4 aliphatic rings. The number of ether oxygens (including phenoxy) is 2. The molecule has 1 aliphatic carbocycles. The maximum absolute atomic E-state index is 14.7. The van der Waals surface area contributed by atoms with Gasteiger partial charge < -0.3 is 29.9 Å². The molecule has 3 saturated heterocycles. The summed E-state index contributed by atoms with van der Waals surface area (Å²) in [4.78, 5) is 68.7. The number of nitrogens with one attached hydrogen (secondary N) is 1. The predicted octanol–water partition coefficient (Wildman–Crippen LogP) is 3.62. The van der Waals surface area contributed by atoms with Gasteiger partial charge in [-0.2, -0.15) is 5.26 Å². The van der Waals surface area contributed by atoms with Crippen molar-refractivity contribution in [1.29, 1.82) is 5.26 Å². The fourth-order valence-electron chi connectivity index (χ4n) is 9.99. The van der Waals surface area contributed by atoms with Gasteiger partial charge in [0.15, 0.2) is 0 Å². The Hall–Kier alpha value is -5.75. The van der Waals surface area contributed by atoms with Gasteiger partial charge in [-0.15, -0.1) is 0 Å². The zero-order chi connectivity index (χ0) is 41.4. The lowest BCUT2D eigenvalue weighted by molar-refractivity contribution is -0.206. The number of nitrogens with zero attached hydrogens (tertiary/aromatic N) is 7. The number of carbonyl (C=O) groups excluding carboxylic acids is 4. The van der Waals surface area contributed by atoms with Crippen LogP contribution in [0, 0.1) is 28.1 Å². The zero-order valence-corrected chi connectivity index (χ0v) is 33.9. The number of nitrogens with two attached hydrogens (primary N) is 1. The van der Waals surface area contributed by atoms with Crippen molar-refractivity contribution < 1.29 is 28.7 Å². The Bertz CT molecular complexity index is 2050. The van der Waals surface area contributed by atoms with E-state index < -0.39 is 34.7 Å². The van der Waals surface area contributed by atoms with Crippen LogP contribution < -0.4 is 30.3 Å². The van der Waals surface area contributed by atoms with E-state index in [-0.39, 0.29) is 36.6 Å². The number of primary amides is 1. The molecule has 15 heteroatoms. The number of amides is 4. The van der Waals surface area contributed by atoms with Gasteiger partial charge in [0, 0.05) is 80.4 Å². The number of aromatic nitrogens is 2. The molecule has 4 amide bonds. The second-order valence-electron chi connectivity index (χ2n) is 17.1. The Morgan fingerprint density at radius 2 is 1.55 bits per heavy atom. The van der Waals surface area contributed by atoms with Crippen molar-refractivity contribution >= 4 is 35.0 Å². The number of imide groups is 1. The van der Waals surface area contributed by atoms with Crippen molar-refractivity contribution in [3.63, 3.8) is 0 Å². The second kappa shape index (κ2) is 16.2. The molecule has 7 rings (SSSR count). The van der Waals surface area contributed by atoms with Crippen LogP contribution in [0.2, 0.25) is 0 Å². The molecule has 3 aromatic rings. The van der Waals surface area contributed by atoms with E-state index in [2.05, 4.69) is 36.1 Å². The van der Waals surface area contributed by atoms with Gasteiger partial charge in [0.25, 0.3) is 11.8 Å². The molecule has 1 atom stereocenters. The molecule has 0 unspecified atom stereocenters. The van der Waals surface area contributed by atoms with Gasteiger partial charge in [0.2, 0.25) is 17.6 Å². The molecule has 0 bridgehead atoms. The molecule has 3 N–H and O–H groups in total. The summed E-state index contributed by atoms with van der Waals surface area (Å²) in [7, 11) is 1.51. The highest BCUT2D eigenvalue weighted by molar-refractivity contribution is 6.04. The normalized spacial score (nSPS) is 23.3. The number of rotatable bonds is 11. The standard InChI is InChI=1S/C43H53N9O6/c1-42(2)40(43(3,4)41(42)58-32-11-8-29(23-44)34(22-32)57-5)52(33-12-13-35(53)48-38(33)55)39(56)28-6-9-30(10-7-28)50-16-14-27(15-17-50)26-49-18-20-51(21-19-49)31-24-46-37(36(45)54)47-25-31/h6-11,22,24-25,27,33,40-41H,12-21,26H2,1-5H3,(H2,45,54)(H,48,53,55)/t33-,40?,41?/m0/s1. The number of anilines is 2. The van der Waals surface area contributed by atoms with Crippen molar-refractivity contribution in [3.8, 4) is 17.6 Å². The molecule has 2 aromatic carbocycles. The lowest BCUT2D eigenvalue weighted by Gasteiger charge is -2.66. The minimum atomic E-state index is -0.824. The van der Waals surface area contributed by atoms with Crippen LogP contribution in [0.3, 0.4) is 0 Å². The summed E-state index contributed by atoms with van der Waals surface area (Å²) in [6.07, 6.45) is 5.48. The molecular weight excluding hydrogens is 739 g/mol. The van der Waals surface area contributed by atoms with Crippen LogP contribution >= 0.6 is 0 Å². The highest BCUT2D eigenvalue weighted by atomic mass is 16.5. The molecule has 1 saturated carbocycles. The zero-order valence-electron chi connectivity index (χ0n) is 33.9. The third kappa shape index (κ3) is 7.90. The van der Waals surface area contributed by atoms with Crippen LogP contribution in [0.25, 0.3) is 0 Å². The van der Waals surface area contributed by atoms with Crippen molar-refractivity contribution in [2.75, 3.05) is 62.7 Å². The number of benzene rings is 2. The van der Waals surface area contributed by atoms with E-state index in [1.165, 1.54) is 7.11 Å². The van der Waals surface area contributed by atoms with Crippen LogP contribution in [0.15, 0.2) is 54.9 Å². The van der Waals surface area contributed by atoms with Crippen molar-refractivity contribution in [3.05, 3.63) is 71.8 Å². The largest absolute Gasteiger partial charge is 0.495 e. The van der Waals surface area contributed by atoms with E-state index in [0.717, 1.165) is 70.0 Å². The molecule has 0 spiro atoms. The first-order valence-electron chi connectivity index (χ1n) is 20.1. The maximum Gasteiger partial charge on any atom is 0.286 e. The van der Waals surface area contributed by atoms with Gasteiger partial charge >= 0.3 is 0 Å². The van der Waals surface area contributed by atoms with Crippen LogP contribution in [-0.4, -0.2) is 115 Å². The van der Waals surface area contributed by atoms with Gasteiger partial charge in [0.05, 0.1) is 36.8 Å². The monoisotopic (exact) mass is 791 g/mol. The van der Waals surface area contributed by atoms with Crippen molar-refractivity contribution in [2.24, 2.45) is 22.5 Å². The van der Waals surface area contributed by atoms with E-state index in [4.69, 9.17) is 15.2 Å². The summed E-state index contributed by atoms with van der Waals surface area (Å²) in [5.74, 6) is -0.138. The Morgan fingerprint density at radius 1 is 0.914 bits per heavy atom. The number of hydrogen-bond acceptors (Lipinski definition) is 12. The molecule has 4 fully saturated rings. The fourth-order valence-corrected chi connectivity index (χ4v) is 9.99. The summed E-state index contributed by atoms with van der Waals surface area (Å²) in [5.41, 5.74) is 6.90. The van der Waals surface area contributed by atoms with E-state index >= 15 is 0 Å². The molecule has 58 heavy (non-hydrogen) atoms. The topological polar surface area (TPSA) is 187 Å². The first-order chi connectivity index (χ1) is 27.7. The summed E-state index contributed by atoms with van der Waals surface area (Å²) >= 11 is 0. The van der Waals surface area contributed by atoms with E-state index in [0.29, 0.717) is 28.5 Å². The summed E-state index contributed by atoms with van der Waals surface area (Å²) < 4.78 is 12.0. The van der Waals surface area contributed by atoms with Gasteiger partial charge in [0.1, 0.15) is 29.7 Å². The van der Waals surface area contributed by atoms with Gasteiger partial charge in [-0.3, -0.25) is 29.4 Å². The molecule has 1 aromatic heterocycles. The highest BCUT2D eigenvalue weighted by Gasteiger charge is 2.67. The van der Waals surface area contributed by atoms with Crippen molar-refractivity contribution in [1.82, 2.24) is 25.1 Å². The average molecular weight is 792 g/mol. The summed E-state index contributed by atoms with van der Waals surface area (Å²) in [6, 6.07) is 13.7. The van der Waals surface area contributed by atoms with E-state index in [1.54, 1.807) is 35.5 Å². The SMILES string of the molecule is COc1cc(OC2C(C)(C)C(N(C(=O)c3ccc(N4CCC(CN5CCN(c6cnc(C(N)=O)nc6)CC5)CC4)cc3)[C@H]3CCC(=O)NC3=O)C2(C)C)ccc1C#N. The first kappa shape index (κ1) is 40.4. The predicted molar refractivity (Wildman–Crippen MR) is 216 cm³/mol. The van der Waals surface area contributed by atoms with Crippen LogP contribution in [0.1, 0.15) is 79.9 Å². The van der Waals surface area contributed by atoms with E-state index in [1.807, 2.05) is 52.0 Å². The maximum atomic E-state index is 14.7. The Kier molecular flexibility index (Phi) is 11.3. The Morgan fingerprint density at radius 3 is 2.14 bits per heavy atom. The molecule has 4 heterocycles. The molecule has 306 valence electrons. The van der Waals surface area contributed by atoms with E-state index in [9.17, 15) is 24.4 Å². The van der Waals surface area contributed by atoms with Gasteiger partial charge in [-0.1, -0.05) is 27.7 Å². The molecular formula is C43H53N9O6. The quantitative estimate of drug-likeness (QED) is 0.269. The third-order valence-electron chi connectivity index (χ3n) is 12.6. The lowest BCUT2D eigenvalue weighted by atomic mass is 9.48. The van der Waals surface area contributed by atoms with Gasteiger partial charge in [-0.05, 0) is 61.6 Å². The first-order valence-corrected chi connectivity index (χ1v) is 20.1. The number of carbonyl (C=O) groups is 4. The number of piperazine rings is 1. The van der Waals surface area contributed by atoms with Crippen LogP contribution in [0.4, 0.5) is 11.4 Å². The van der Waals surface area contributed by atoms with Crippen LogP contribution in [0.5, 0.6) is 11.5 Å². The number of methoxy groups -OCH3 is 1. The molecule has 15 nitrogen and oxygen atoms in total. The summed E-state index contributed by atoms with van der Waals surface area (Å²) in [5, 5.41) is 11.9.